The van der Waals surface area contributed by atoms with E-state index in [1.165, 1.54) is 11.1 Å². The molecule has 0 saturated carbocycles. The maximum Gasteiger partial charge on any atom is 0.0844 e. The highest BCUT2D eigenvalue weighted by Crippen LogP contribution is 2.27. The van der Waals surface area contributed by atoms with Crippen molar-refractivity contribution in [1.29, 1.82) is 0 Å². The summed E-state index contributed by atoms with van der Waals surface area (Å²) in [5.41, 5.74) is 5.48. The van der Waals surface area contributed by atoms with Crippen molar-refractivity contribution < 1.29 is 5.11 Å². The lowest BCUT2D eigenvalue weighted by atomic mass is 9.98. The molecule has 2 aromatic carbocycles. The van der Waals surface area contributed by atoms with Gasteiger partial charge in [0.25, 0.3) is 0 Å². The van der Waals surface area contributed by atoms with Crippen molar-refractivity contribution in [2.75, 3.05) is 0 Å². The van der Waals surface area contributed by atoms with Gasteiger partial charge in [0, 0.05) is 11.4 Å². The van der Waals surface area contributed by atoms with Crippen LogP contribution < -0.4 is 0 Å². The second kappa shape index (κ2) is 5.77. The third kappa shape index (κ3) is 3.59. The van der Waals surface area contributed by atoms with Gasteiger partial charge in [-0.25, -0.2) is 0 Å². The Morgan fingerprint density at radius 3 is 2.16 bits per heavy atom. The minimum absolute atomic E-state index is 0.561. The molecule has 1 nitrogen and oxygen atoms in total. The topological polar surface area (TPSA) is 20.2 Å². The van der Waals surface area contributed by atoms with Crippen molar-refractivity contribution in [1.82, 2.24) is 0 Å². The largest absolute Gasteiger partial charge is 0.388 e. The molecule has 0 aliphatic carbocycles. The van der Waals surface area contributed by atoms with Gasteiger partial charge >= 0.3 is 0 Å². The van der Waals surface area contributed by atoms with Crippen molar-refractivity contribution in [3.05, 3.63) is 69.2 Å². The van der Waals surface area contributed by atoms with Crippen molar-refractivity contribution in [3.8, 4) is 0 Å². The van der Waals surface area contributed by atoms with Crippen LogP contribution in [0.1, 0.15) is 33.9 Å². The summed E-state index contributed by atoms with van der Waals surface area (Å²) in [5.74, 6) is 0. The molecule has 100 valence electrons. The standard InChI is InChI=1S/C17H19ClO/c1-11-4-5-15(16(18)9-11)17(19)10-14-7-12(2)6-13(3)8-14/h4-9,17,19H,10H2,1-3H3. The molecule has 2 aromatic rings. The molecule has 0 aromatic heterocycles. The second-order valence-corrected chi connectivity index (χ2v) is 5.65. The Kier molecular flexibility index (Phi) is 4.28. The lowest BCUT2D eigenvalue weighted by Gasteiger charge is -2.14. The van der Waals surface area contributed by atoms with E-state index in [4.69, 9.17) is 11.6 Å². The second-order valence-electron chi connectivity index (χ2n) is 5.24. The Morgan fingerprint density at radius 2 is 1.58 bits per heavy atom. The lowest BCUT2D eigenvalue weighted by molar-refractivity contribution is 0.178. The van der Waals surface area contributed by atoms with Crippen LogP contribution in [-0.4, -0.2) is 5.11 Å². The molecule has 0 fully saturated rings. The first kappa shape index (κ1) is 14.1. The summed E-state index contributed by atoms with van der Waals surface area (Å²) in [5, 5.41) is 11.0. The smallest absolute Gasteiger partial charge is 0.0844 e. The lowest BCUT2D eigenvalue weighted by Crippen LogP contribution is -2.03. The van der Waals surface area contributed by atoms with Crippen LogP contribution in [0.3, 0.4) is 0 Å². The van der Waals surface area contributed by atoms with E-state index in [1.807, 2.05) is 25.1 Å². The average molecular weight is 275 g/mol. The zero-order valence-electron chi connectivity index (χ0n) is 11.6. The first-order chi connectivity index (χ1) is 8.95. The van der Waals surface area contributed by atoms with Gasteiger partial charge in [-0.1, -0.05) is 53.1 Å². The normalized spacial score (nSPS) is 12.5. The minimum atomic E-state index is -0.561. The van der Waals surface area contributed by atoms with Crippen LogP contribution in [0.25, 0.3) is 0 Å². The third-order valence-corrected chi connectivity index (χ3v) is 3.55. The van der Waals surface area contributed by atoms with Gasteiger partial charge in [0.1, 0.15) is 0 Å². The molecular weight excluding hydrogens is 256 g/mol. The summed E-state index contributed by atoms with van der Waals surface area (Å²) in [7, 11) is 0. The summed E-state index contributed by atoms with van der Waals surface area (Å²) < 4.78 is 0. The SMILES string of the molecule is Cc1cc(C)cc(CC(O)c2ccc(C)cc2Cl)c1. The summed E-state index contributed by atoms with van der Waals surface area (Å²) >= 11 is 6.19. The fourth-order valence-electron chi connectivity index (χ4n) is 2.42. The van der Waals surface area contributed by atoms with E-state index in [-0.39, 0.29) is 0 Å². The number of halogens is 1. The maximum atomic E-state index is 10.3. The van der Waals surface area contributed by atoms with Gasteiger partial charge < -0.3 is 5.11 Å². The number of benzene rings is 2. The molecule has 1 N–H and O–H groups in total. The van der Waals surface area contributed by atoms with Crippen molar-refractivity contribution in [2.24, 2.45) is 0 Å². The third-order valence-electron chi connectivity index (χ3n) is 3.23. The molecule has 0 aliphatic rings. The molecule has 1 atom stereocenters. The predicted molar refractivity (Wildman–Crippen MR) is 80.8 cm³/mol. The highest BCUT2D eigenvalue weighted by Gasteiger charge is 2.12. The van der Waals surface area contributed by atoms with Crippen molar-refractivity contribution in [3.63, 3.8) is 0 Å². The monoisotopic (exact) mass is 274 g/mol. The van der Waals surface area contributed by atoms with Crippen LogP contribution in [0, 0.1) is 20.8 Å². The summed E-state index contributed by atoms with van der Waals surface area (Å²) in [4.78, 5) is 0. The van der Waals surface area contributed by atoms with E-state index in [9.17, 15) is 5.11 Å². The quantitative estimate of drug-likeness (QED) is 0.871. The molecule has 0 spiro atoms. The fourth-order valence-corrected chi connectivity index (χ4v) is 2.78. The van der Waals surface area contributed by atoms with Crippen LogP contribution in [0.2, 0.25) is 5.02 Å². The van der Waals surface area contributed by atoms with E-state index >= 15 is 0 Å². The molecule has 0 radical (unpaired) electrons. The van der Waals surface area contributed by atoms with E-state index in [1.54, 1.807) is 0 Å². The Morgan fingerprint density at radius 1 is 0.947 bits per heavy atom. The molecule has 0 amide bonds. The van der Waals surface area contributed by atoms with Crippen LogP contribution in [0.5, 0.6) is 0 Å². The number of aliphatic hydroxyl groups excluding tert-OH is 1. The first-order valence-electron chi connectivity index (χ1n) is 6.47. The van der Waals surface area contributed by atoms with Gasteiger partial charge in [-0.2, -0.15) is 0 Å². The Labute approximate surface area is 119 Å². The van der Waals surface area contributed by atoms with Gasteiger partial charge in [0.2, 0.25) is 0 Å². The highest BCUT2D eigenvalue weighted by atomic mass is 35.5. The zero-order chi connectivity index (χ0) is 14.0. The fraction of sp³-hybridized carbons (Fsp3) is 0.294. The van der Waals surface area contributed by atoms with E-state index in [2.05, 4.69) is 32.0 Å². The van der Waals surface area contributed by atoms with Gasteiger partial charge in [-0.05, 0) is 43.5 Å². The van der Waals surface area contributed by atoms with Crippen molar-refractivity contribution >= 4 is 11.6 Å². The summed E-state index contributed by atoms with van der Waals surface area (Å²) in [6.07, 6.45) is 0.0278. The van der Waals surface area contributed by atoms with Gasteiger partial charge in [0.05, 0.1) is 6.10 Å². The van der Waals surface area contributed by atoms with Crippen molar-refractivity contribution in [2.45, 2.75) is 33.3 Å². The molecule has 0 aliphatic heterocycles. The number of aliphatic hydroxyl groups is 1. The maximum absolute atomic E-state index is 10.3. The minimum Gasteiger partial charge on any atom is -0.388 e. The summed E-state index contributed by atoms with van der Waals surface area (Å²) in [6.45, 7) is 6.13. The number of hydrogen-bond acceptors (Lipinski definition) is 1. The van der Waals surface area contributed by atoms with Crippen LogP contribution >= 0.6 is 11.6 Å². The van der Waals surface area contributed by atoms with Gasteiger partial charge in [0.15, 0.2) is 0 Å². The van der Waals surface area contributed by atoms with E-state index < -0.39 is 6.10 Å². The van der Waals surface area contributed by atoms with Crippen LogP contribution in [0.15, 0.2) is 36.4 Å². The first-order valence-corrected chi connectivity index (χ1v) is 6.85. The van der Waals surface area contributed by atoms with E-state index in [0.29, 0.717) is 11.4 Å². The Balaban J connectivity index is 2.22. The number of rotatable bonds is 3. The number of hydrogen-bond donors (Lipinski definition) is 1. The Bertz CT molecular complexity index is 570. The molecule has 19 heavy (non-hydrogen) atoms. The molecule has 2 rings (SSSR count). The van der Waals surface area contributed by atoms with Gasteiger partial charge in [-0.15, -0.1) is 0 Å². The highest BCUT2D eigenvalue weighted by molar-refractivity contribution is 6.31. The molecule has 0 bridgehead atoms. The molecule has 1 unspecified atom stereocenters. The molecule has 2 heteroatoms. The number of aryl methyl sites for hydroxylation is 3. The van der Waals surface area contributed by atoms with E-state index in [0.717, 1.165) is 16.7 Å². The Hall–Kier alpha value is -1.31. The molecule has 0 saturated heterocycles. The average Bonchev–Trinajstić information content (AvgIpc) is 2.26. The van der Waals surface area contributed by atoms with Crippen LogP contribution in [-0.2, 0) is 6.42 Å². The van der Waals surface area contributed by atoms with Crippen LogP contribution in [0.4, 0.5) is 0 Å². The molecular formula is C17H19ClO. The predicted octanol–water partition coefficient (Wildman–Crippen LogP) is 4.54. The van der Waals surface area contributed by atoms with Gasteiger partial charge in [-0.3, -0.25) is 0 Å². The zero-order valence-corrected chi connectivity index (χ0v) is 12.3. The summed E-state index contributed by atoms with van der Waals surface area (Å²) in [6, 6.07) is 12.1. The molecule has 0 heterocycles.